The molecule has 2 N–H and O–H groups in total. The molecule has 2 rings (SSSR count). The van der Waals surface area contributed by atoms with E-state index in [-0.39, 0.29) is 0 Å². The van der Waals surface area contributed by atoms with Crippen LogP contribution in [0, 0.1) is 43.5 Å². The Balaban J connectivity index is 2.50. The summed E-state index contributed by atoms with van der Waals surface area (Å²) in [5, 5.41) is 34.3. The number of hydrogen-bond acceptors (Lipinski definition) is 7. The first-order valence-electron chi connectivity index (χ1n) is 7.15. The summed E-state index contributed by atoms with van der Waals surface area (Å²) >= 11 is 0. The third-order valence-corrected chi connectivity index (χ3v) is 3.44. The van der Waals surface area contributed by atoms with E-state index in [1.807, 2.05) is 0 Å². The molecule has 0 spiro atoms. The Morgan fingerprint density at radius 3 is 1.93 bits per heavy atom. The number of aromatic hydroxyl groups is 1. The van der Waals surface area contributed by atoms with Crippen molar-refractivity contribution in [2.24, 2.45) is 5.10 Å². The second-order valence-corrected chi connectivity index (χ2v) is 5.29. The molecular formula is C14H5F7N4O5. The van der Waals surface area contributed by atoms with Crippen molar-refractivity contribution in [1.29, 1.82) is 0 Å². The molecule has 0 amide bonds. The Bertz CT molecular complexity index is 1060. The number of rotatable bonds is 5. The standard InChI is InChI=1S/C14H5F7N4O5/c15-8-7(14(19,20)21)9(16)11(18)12(10(8)17)23-22-3-4-1-5(24(27)28)2-6(13(4)26)25(29)30/h1-3,23,26H/b22-3-. The van der Waals surface area contributed by atoms with Gasteiger partial charge in [0.2, 0.25) is 5.75 Å². The molecule has 0 atom stereocenters. The van der Waals surface area contributed by atoms with E-state index in [0.717, 1.165) is 0 Å². The number of anilines is 1. The topological polar surface area (TPSA) is 131 Å². The first-order chi connectivity index (χ1) is 13.8. The summed E-state index contributed by atoms with van der Waals surface area (Å²) in [6, 6.07) is 0.939. The minimum absolute atomic E-state index is 0.335. The van der Waals surface area contributed by atoms with Crippen LogP contribution in [-0.2, 0) is 6.18 Å². The fraction of sp³-hybridized carbons (Fsp3) is 0.0714. The molecule has 0 saturated carbocycles. The van der Waals surface area contributed by atoms with Gasteiger partial charge in [0.15, 0.2) is 23.3 Å². The van der Waals surface area contributed by atoms with Crippen LogP contribution in [0.25, 0.3) is 0 Å². The van der Waals surface area contributed by atoms with Gasteiger partial charge in [0, 0.05) is 6.07 Å². The van der Waals surface area contributed by atoms with Gasteiger partial charge in [-0.2, -0.15) is 18.3 Å². The van der Waals surface area contributed by atoms with Gasteiger partial charge in [0.25, 0.3) is 5.69 Å². The molecule has 0 fully saturated rings. The number of hydrazone groups is 1. The number of hydrogen-bond donors (Lipinski definition) is 2. The molecule has 30 heavy (non-hydrogen) atoms. The smallest absolute Gasteiger partial charge is 0.422 e. The average molecular weight is 442 g/mol. The van der Waals surface area contributed by atoms with Crippen LogP contribution in [0.3, 0.4) is 0 Å². The van der Waals surface area contributed by atoms with E-state index >= 15 is 0 Å². The SMILES string of the molecule is O=[N+]([O-])c1cc(/C=N\Nc2c(F)c(F)c(C(F)(F)F)c(F)c2F)c(O)c([N+](=O)[O-])c1. The summed E-state index contributed by atoms with van der Waals surface area (Å²) in [6.45, 7) is 0. The normalized spacial score (nSPS) is 11.7. The molecule has 2 aromatic rings. The summed E-state index contributed by atoms with van der Waals surface area (Å²) in [6.07, 6.45) is -5.42. The highest BCUT2D eigenvalue weighted by Crippen LogP contribution is 2.38. The van der Waals surface area contributed by atoms with Crippen LogP contribution < -0.4 is 5.43 Å². The Labute approximate surface area is 159 Å². The van der Waals surface area contributed by atoms with Crippen molar-refractivity contribution in [2.45, 2.75) is 6.18 Å². The number of phenols is 1. The maximum Gasteiger partial charge on any atom is 0.422 e. The van der Waals surface area contributed by atoms with Gasteiger partial charge in [-0.05, 0) is 0 Å². The number of nitro benzene ring substituents is 2. The minimum Gasteiger partial charge on any atom is -0.502 e. The zero-order valence-corrected chi connectivity index (χ0v) is 13.8. The lowest BCUT2D eigenvalue weighted by atomic mass is 10.1. The Kier molecular flexibility index (Phi) is 5.80. The van der Waals surface area contributed by atoms with Crippen LogP contribution in [0.15, 0.2) is 17.2 Å². The molecule has 16 heteroatoms. The average Bonchev–Trinajstić information content (AvgIpc) is 2.62. The number of phenolic OH excluding ortho intramolecular Hbond substituents is 1. The number of nitrogens with one attached hydrogen (secondary N) is 1. The van der Waals surface area contributed by atoms with Gasteiger partial charge in [-0.3, -0.25) is 25.7 Å². The molecule has 0 radical (unpaired) electrons. The molecular weight excluding hydrogens is 437 g/mol. The highest BCUT2D eigenvalue weighted by Gasteiger charge is 2.42. The molecule has 0 bridgehead atoms. The third-order valence-electron chi connectivity index (χ3n) is 3.44. The van der Waals surface area contributed by atoms with Crippen LogP contribution in [0.1, 0.15) is 11.1 Å². The van der Waals surface area contributed by atoms with Gasteiger partial charge in [0.05, 0.1) is 27.7 Å². The van der Waals surface area contributed by atoms with Crippen molar-refractivity contribution < 1.29 is 45.7 Å². The zero-order valence-electron chi connectivity index (χ0n) is 13.8. The van der Waals surface area contributed by atoms with Crippen molar-refractivity contribution >= 4 is 23.3 Å². The molecule has 0 aromatic heterocycles. The zero-order chi connectivity index (χ0) is 23.0. The quantitative estimate of drug-likeness (QED) is 0.234. The first-order valence-corrected chi connectivity index (χ1v) is 7.15. The first kappa shape index (κ1) is 22.3. The maximum absolute atomic E-state index is 13.7. The fourth-order valence-electron chi connectivity index (χ4n) is 2.11. The van der Waals surface area contributed by atoms with Crippen LogP contribution in [0.5, 0.6) is 5.75 Å². The van der Waals surface area contributed by atoms with Crippen molar-refractivity contribution in [3.63, 3.8) is 0 Å². The van der Waals surface area contributed by atoms with E-state index in [1.54, 1.807) is 0 Å². The monoisotopic (exact) mass is 442 g/mol. The van der Waals surface area contributed by atoms with Gasteiger partial charge in [-0.25, -0.2) is 17.6 Å². The molecule has 160 valence electrons. The Hall–Kier alpha value is -3.98. The molecule has 2 aromatic carbocycles. The summed E-state index contributed by atoms with van der Waals surface area (Å²) in [5.74, 6) is -11.7. The van der Waals surface area contributed by atoms with E-state index in [9.17, 15) is 56.1 Å². The summed E-state index contributed by atoms with van der Waals surface area (Å²) < 4.78 is 92.1. The number of alkyl halides is 3. The van der Waals surface area contributed by atoms with Crippen LogP contribution in [0.4, 0.5) is 47.8 Å². The molecule has 0 aliphatic rings. The van der Waals surface area contributed by atoms with Gasteiger partial charge in [0.1, 0.15) is 11.3 Å². The molecule has 0 aliphatic heterocycles. The van der Waals surface area contributed by atoms with Crippen molar-refractivity contribution in [1.82, 2.24) is 0 Å². The number of non-ortho nitro benzene ring substituents is 1. The van der Waals surface area contributed by atoms with E-state index in [1.165, 1.54) is 5.43 Å². The second-order valence-electron chi connectivity index (χ2n) is 5.29. The lowest BCUT2D eigenvalue weighted by Crippen LogP contribution is -2.16. The molecule has 0 heterocycles. The van der Waals surface area contributed by atoms with Crippen molar-refractivity contribution in [3.05, 3.63) is 66.8 Å². The molecule has 0 saturated heterocycles. The largest absolute Gasteiger partial charge is 0.502 e. The van der Waals surface area contributed by atoms with Crippen molar-refractivity contribution in [2.75, 3.05) is 5.43 Å². The number of nitro groups is 2. The number of benzene rings is 2. The van der Waals surface area contributed by atoms with Gasteiger partial charge >= 0.3 is 11.9 Å². The highest BCUT2D eigenvalue weighted by molar-refractivity contribution is 5.87. The minimum atomic E-state index is -5.76. The predicted molar refractivity (Wildman–Crippen MR) is 83.9 cm³/mol. The van der Waals surface area contributed by atoms with E-state index in [0.29, 0.717) is 18.3 Å². The second kappa shape index (κ2) is 7.80. The summed E-state index contributed by atoms with van der Waals surface area (Å²) in [7, 11) is 0. The number of halogens is 7. The molecule has 0 unspecified atom stereocenters. The van der Waals surface area contributed by atoms with Gasteiger partial charge < -0.3 is 5.11 Å². The third kappa shape index (κ3) is 4.06. The van der Waals surface area contributed by atoms with E-state index in [4.69, 9.17) is 0 Å². The van der Waals surface area contributed by atoms with Crippen LogP contribution in [0.2, 0.25) is 0 Å². The lowest BCUT2D eigenvalue weighted by molar-refractivity contribution is -0.394. The van der Waals surface area contributed by atoms with E-state index < -0.39 is 73.2 Å². The highest BCUT2D eigenvalue weighted by atomic mass is 19.4. The van der Waals surface area contributed by atoms with Gasteiger partial charge in [-0.1, -0.05) is 0 Å². The number of nitrogens with zero attached hydrogens (tertiary/aromatic N) is 3. The Morgan fingerprint density at radius 1 is 0.967 bits per heavy atom. The molecule has 0 aliphatic carbocycles. The summed E-state index contributed by atoms with van der Waals surface area (Å²) in [4.78, 5) is 19.3. The Morgan fingerprint density at radius 2 is 1.50 bits per heavy atom. The van der Waals surface area contributed by atoms with E-state index in [2.05, 4.69) is 5.10 Å². The fourth-order valence-corrected chi connectivity index (χ4v) is 2.11. The molecule has 9 nitrogen and oxygen atoms in total. The predicted octanol–water partition coefficient (Wildman–Crippen LogP) is 4.23. The summed E-state index contributed by atoms with van der Waals surface area (Å²) in [5.41, 5.74) is -6.06. The van der Waals surface area contributed by atoms with Gasteiger partial charge in [-0.15, -0.1) is 0 Å². The van der Waals surface area contributed by atoms with Crippen LogP contribution >= 0.6 is 0 Å². The lowest BCUT2D eigenvalue weighted by Gasteiger charge is -2.13. The maximum atomic E-state index is 13.7. The van der Waals surface area contributed by atoms with Crippen LogP contribution in [-0.4, -0.2) is 21.2 Å². The van der Waals surface area contributed by atoms with Crippen molar-refractivity contribution in [3.8, 4) is 5.75 Å².